The van der Waals surface area contributed by atoms with Crippen LogP contribution in [0.2, 0.25) is 0 Å². The van der Waals surface area contributed by atoms with E-state index in [2.05, 4.69) is 5.43 Å². The van der Waals surface area contributed by atoms with Crippen LogP contribution in [0.3, 0.4) is 0 Å². The maximum absolute atomic E-state index is 12.2. The van der Waals surface area contributed by atoms with Gasteiger partial charge in [0.15, 0.2) is 0 Å². The Morgan fingerprint density at radius 2 is 1.70 bits per heavy atom. The summed E-state index contributed by atoms with van der Waals surface area (Å²) in [5.74, 6) is 0.259. The van der Waals surface area contributed by atoms with Crippen LogP contribution in [0.15, 0.2) is 42.5 Å². The van der Waals surface area contributed by atoms with Gasteiger partial charge in [0, 0.05) is 6.54 Å². The fourth-order valence-corrected chi connectivity index (χ4v) is 2.74. The Kier molecular flexibility index (Phi) is 4.12. The van der Waals surface area contributed by atoms with Gasteiger partial charge in [-0.1, -0.05) is 24.3 Å². The highest BCUT2D eigenvalue weighted by atomic mass is 16.5. The second kappa shape index (κ2) is 6.22. The van der Waals surface area contributed by atoms with E-state index in [0.717, 1.165) is 21.9 Å². The molecule has 1 aliphatic heterocycles. The van der Waals surface area contributed by atoms with Gasteiger partial charge in [-0.15, -0.1) is 0 Å². The lowest BCUT2D eigenvalue weighted by atomic mass is 10.1. The normalized spacial score (nSPS) is 13.4. The number of fused-ring (bicyclic) bond motifs is 1. The van der Waals surface area contributed by atoms with E-state index in [4.69, 9.17) is 4.74 Å². The first-order chi connectivity index (χ1) is 11.1. The zero-order valence-electron chi connectivity index (χ0n) is 13.1. The summed E-state index contributed by atoms with van der Waals surface area (Å²) in [6.07, 6.45) is 0.707. The van der Waals surface area contributed by atoms with E-state index in [0.29, 0.717) is 24.1 Å². The summed E-state index contributed by atoms with van der Waals surface area (Å²) in [6.45, 7) is 2.48. The molecule has 0 aliphatic carbocycles. The first-order valence-electron chi connectivity index (χ1n) is 7.46. The van der Waals surface area contributed by atoms with Gasteiger partial charge in [0.25, 0.3) is 11.8 Å². The Hall–Kier alpha value is -2.66. The van der Waals surface area contributed by atoms with Crippen molar-refractivity contribution in [3.8, 4) is 5.75 Å². The zero-order chi connectivity index (χ0) is 16.4. The van der Waals surface area contributed by atoms with E-state index in [1.165, 1.54) is 0 Å². The van der Waals surface area contributed by atoms with E-state index < -0.39 is 0 Å². The summed E-state index contributed by atoms with van der Waals surface area (Å²) in [5.41, 5.74) is 6.01. The monoisotopic (exact) mass is 310 g/mol. The topological polar surface area (TPSA) is 58.6 Å². The third kappa shape index (κ3) is 2.83. The van der Waals surface area contributed by atoms with Crippen LogP contribution in [-0.2, 0) is 6.42 Å². The molecule has 0 aromatic heterocycles. The Morgan fingerprint density at radius 1 is 1.04 bits per heavy atom. The number of imide groups is 1. The molecule has 0 spiro atoms. The van der Waals surface area contributed by atoms with Crippen molar-refractivity contribution in [1.82, 2.24) is 10.4 Å². The Bertz CT molecular complexity index is 736. The zero-order valence-corrected chi connectivity index (χ0v) is 13.1. The number of ether oxygens (including phenoxy) is 1. The van der Waals surface area contributed by atoms with Gasteiger partial charge in [-0.05, 0) is 42.7 Å². The van der Waals surface area contributed by atoms with Crippen molar-refractivity contribution >= 4 is 11.8 Å². The molecular weight excluding hydrogens is 292 g/mol. The van der Waals surface area contributed by atoms with Crippen LogP contribution >= 0.6 is 0 Å². The number of hydrogen-bond acceptors (Lipinski definition) is 4. The van der Waals surface area contributed by atoms with Crippen molar-refractivity contribution in [2.24, 2.45) is 0 Å². The number of hydrazine groups is 1. The van der Waals surface area contributed by atoms with Crippen LogP contribution in [0.25, 0.3) is 0 Å². The average molecular weight is 310 g/mol. The van der Waals surface area contributed by atoms with Crippen molar-refractivity contribution in [2.45, 2.75) is 13.3 Å². The number of benzene rings is 2. The molecule has 1 N–H and O–H groups in total. The third-order valence-corrected chi connectivity index (χ3v) is 3.94. The quantitative estimate of drug-likeness (QED) is 0.861. The minimum atomic E-state index is -0.295. The van der Waals surface area contributed by atoms with Gasteiger partial charge in [-0.2, -0.15) is 0 Å². The highest BCUT2D eigenvalue weighted by Gasteiger charge is 2.34. The Labute approximate surface area is 134 Å². The predicted octanol–water partition coefficient (Wildman–Crippen LogP) is 2.35. The number of rotatable bonds is 5. The number of nitrogens with one attached hydrogen (secondary N) is 1. The molecule has 5 heteroatoms. The molecule has 0 unspecified atom stereocenters. The molecule has 118 valence electrons. The molecule has 23 heavy (non-hydrogen) atoms. The van der Waals surface area contributed by atoms with Gasteiger partial charge in [0.05, 0.1) is 18.2 Å². The second-order valence-corrected chi connectivity index (χ2v) is 5.45. The molecule has 2 amide bonds. The van der Waals surface area contributed by atoms with Gasteiger partial charge in [0.1, 0.15) is 5.75 Å². The van der Waals surface area contributed by atoms with Crippen LogP contribution < -0.4 is 10.2 Å². The van der Waals surface area contributed by atoms with E-state index in [9.17, 15) is 9.59 Å². The van der Waals surface area contributed by atoms with Crippen molar-refractivity contribution in [1.29, 1.82) is 0 Å². The van der Waals surface area contributed by atoms with Crippen LogP contribution in [0.4, 0.5) is 0 Å². The second-order valence-electron chi connectivity index (χ2n) is 5.45. The number of aryl methyl sites for hydroxylation is 1. The third-order valence-electron chi connectivity index (χ3n) is 3.94. The Balaban J connectivity index is 1.63. The highest BCUT2D eigenvalue weighted by molar-refractivity contribution is 6.20. The first kappa shape index (κ1) is 15.2. The van der Waals surface area contributed by atoms with Gasteiger partial charge < -0.3 is 4.74 Å². The standard InChI is InChI=1S/C18H18N2O3/c1-12-11-13(7-8-16(12)23-2)9-10-19-20-17(21)14-5-3-4-6-15(14)18(20)22/h3-8,11,19H,9-10H2,1-2H3. The summed E-state index contributed by atoms with van der Waals surface area (Å²) < 4.78 is 5.24. The molecule has 3 rings (SSSR count). The fourth-order valence-electron chi connectivity index (χ4n) is 2.74. The lowest BCUT2D eigenvalue weighted by Gasteiger charge is -2.15. The molecule has 2 aromatic rings. The molecule has 1 heterocycles. The number of nitrogens with zero attached hydrogens (tertiary/aromatic N) is 1. The van der Waals surface area contributed by atoms with Crippen LogP contribution in [0.5, 0.6) is 5.75 Å². The molecule has 0 radical (unpaired) electrons. The summed E-state index contributed by atoms with van der Waals surface area (Å²) in [6, 6.07) is 12.8. The van der Waals surface area contributed by atoms with Crippen molar-refractivity contribution < 1.29 is 14.3 Å². The predicted molar refractivity (Wildman–Crippen MR) is 86.4 cm³/mol. The summed E-state index contributed by atoms with van der Waals surface area (Å²) >= 11 is 0. The largest absolute Gasteiger partial charge is 0.496 e. The Morgan fingerprint density at radius 3 is 2.26 bits per heavy atom. The lowest BCUT2D eigenvalue weighted by molar-refractivity contribution is 0.0568. The van der Waals surface area contributed by atoms with E-state index in [1.54, 1.807) is 31.4 Å². The highest BCUT2D eigenvalue weighted by Crippen LogP contribution is 2.21. The van der Waals surface area contributed by atoms with Gasteiger partial charge >= 0.3 is 0 Å². The first-order valence-corrected chi connectivity index (χ1v) is 7.46. The van der Waals surface area contributed by atoms with Gasteiger partial charge in [0.2, 0.25) is 0 Å². The smallest absolute Gasteiger partial charge is 0.276 e. The molecule has 0 fully saturated rings. The van der Waals surface area contributed by atoms with Crippen LogP contribution in [0, 0.1) is 6.92 Å². The van der Waals surface area contributed by atoms with Crippen molar-refractivity contribution in [3.05, 3.63) is 64.7 Å². The van der Waals surface area contributed by atoms with E-state index in [-0.39, 0.29) is 11.8 Å². The van der Waals surface area contributed by atoms with Gasteiger partial charge in [-0.3, -0.25) is 9.59 Å². The molecule has 5 nitrogen and oxygen atoms in total. The number of carbonyl (C=O) groups is 2. The fraction of sp³-hybridized carbons (Fsp3) is 0.222. The lowest BCUT2D eigenvalue weighted by Crippen LogP contribution is -2.43. The SMILES string of the molecule is COc1ccc(CCNN2C(=O)c3ccccc3C2=O)cc1C. The van der Waals surface area contributed by atoms with Crippen LogP contribution in [-0.4, -0.2) is 30.5 Å². The summed E-state index contributed by atoms with van der Waals surface area (Å²) in [7, 11) is 1.64. The number of carbonyl (C=O) groups excluding carboxylic acids is 2. The number of hydrogen-bond donors (Lipinski definition) is 1. The molecule has 2 aromatic carbocycles. The molecular formula is C18H18N2O3. The maximum Gasteiger partial charge on any atom is 0.276 e. The maximum atomic E-state index is 12.2. The molecule has 0 bridgehead atoms. The summed E-state index contributed by atoms with van der Waals surface area (Å²) in [4.78, 5) is 24.4. The summed E-state index contributed by atoms with van der Waals surface area (Å²) in [5, 5.41) is 1.10. The van der Waals surface area contributed by atoms with Crippen LogP contribution in [0.1, 0.15) is 31.8 Å². The van der Waals surface area contributed by atoms with Crippen molar-refractivity contribution in [3.63, 3.8) is 0 Å². The minimum absolute atomic E-state index is 0.295. The molecule has 0 atom stereocenters. The average Bonchev–Trinajstić information content (AvgIpc) is 2.80. The van der Waals surface area contributed by atoms with Crippen molar-refractivity contribution in [2.75, 3.05) is 13.7 Å². The number of amides is 2. The molecule has 0 saturated carbocycles. The van der Waals surface area contributed by atoms with Gasteiger partial charge in [-0.25, -0.2) is 10.4 Å². The molecule has 0 saturated heterocycles. The number of methoxy groups -OCH3 is 1. The minimum Gasteiger partial charge on any atom is -0.496 e. The van der Waals surface area contributed by atoms with E-state index >= 15 is 0 Å². The molecule has 1 aliphatic rings. The van der Waals surface area contributed by atoms with E-state index in [1.807, 2.05) is 25.1 Å².